The fraction of sp³-hybridized carbons (Fsp3) is 0.500. The van der Waals surface area contributed by atoms with Crippen LogP contribution < -0.4 is 5.32 Å². The molecule has 0 aliphatic rings. The zero-order chi connectivity index (χ0) is 12.8. The third kappa shape index (κ3) is 3.65. The van der Waals surface area contributed by atoms with Crippen molar-refractivity contribution in [3.05, 3.63) is 24.3 Å². The van der Waals surface area contributed by atoms with E-state index in [4.69, 9.17) is 0 Å². The Kier molecular flexibility index (Phi) is 4.45. The summed E-state index contributed by atoms with van der Waals surface area (Å²) in [4.78, 5) is 4.42. The second-order valence-electron chi connectivity index (χ2n) is 4.94. The van der Waals surface area contributed by atoms with Gasteiger partial charge >= 0.3 is 0 Å². The Labute approximate surface area is 108 Å². The molecule has 0 amide bonds. The number of fused-ring (bicyclic) bond motifs is 1. The van der Waals surface area contributed by atoms with Gasteiger partial charge in [0.1, 0.15) is 5.52 Å². The van der Waals surface area contributed by atoms with E-state index >= 15 is 0 Å². The van der Waals surface area contributed by atoms with E-state index in [-0.39, 0.29) is 0 Å². The molecule has 4 heteroatoms. The van der Waals surface area contributed by atoms with Crippen molar-refractivity contribution in [2.75, 3.05) is 11.9 Å². The Bertz CT molecular complexity index is 496. The van der Waals surface area contributed by atoms with Crippen molar-refractivity contribution >= 4 is 17.0 Å². The molecular formula is C14H20N4. The van der Waals surface area contributed by atoms with Crippen molar-refractivity contribution in [1.29, 1.82) is 0 Å². The smallest absolute Gasteiger partial charge is 0.243 e. The molecule has 1 N–H and O–H groups in total. The van der Waals surface area contributed by atoms with E-state index in [1.807, 2.05) is 24.3 Å². The first-order valence-corrected chi connectivity index (χ1v) is 6.59. The van der Waals surface area contributed by atoms with Gasteiger partial charge in [-0.05, 0) is 24.5 Å². The average molecular weight is 244 g/mol. The Morgan fingerprint density at radius 3 is 2.61 bits per heavy atom. The van der Waals surface area contributed by atoms with Crippen LogP contribution in [0.3, 0.4) is 0 Å². The van der Waals surface area contributed by atoms with Gasteiger partial charge in [-0.1, -0.05) is 38.8 Å². The molecule has 0 aliphatic carbocycles. The summed E-state index contributed by atoms with van der Waals surface area (Å²) in [5.41, 5.74) is 1.72. The summed E-state index contributed by atoms with van der Waals surface area (Å²) in [6.45, 7) is 5.42. The normalized spacial score (nSPS) is 11.1. The van der Waals surface area contributed by atoms with E-state index in [0.717, 1.165) is 29.9 Å². The fourth-order valence-electron chi connectivity index (χ4n) is 1.83. The van der Waals surface area contributed by atoms with Crippen LogP contribution in [-0.4, -0.2) is 21.7 Å². The van der Waals surface area contributed by atoms with Crippen molar-refractivity contribution < 1.29 is 0 Å². The van der Waals surface area contributed by atoms with Crippen LogP contribution in [0, 0.1) is 5.92 Å². The Morgan fingerprint density at radius 2 is 1.83 bits per heavy atom. The molecule has 2 aromatic rings. The molecule has 0 bridgehead atoms. The quantitative estimate of drug-likeness (QED) is 0.792. The molecule has 4 nitrogen and oxygen atoms in total. The summed E-state index contributed by atoms with van der Waals surface area (Å²) in [5.74, 6) is 1.40. The highest BCUT2D eigenvalue weighted by atomic mass is 15.2. The van der Waals surface area contributed by atoms with Gasteiger partial charge in [-0.15, -0.1) is 10.2 Å². The number of nitrogens with one attached hydrogen (secondary N) is 1. The van der Waals surface area contributed by atoms with Crippen molar-refractivity contribution in [2.24, 2.45) is 5.92 Å². The van der Waals surface area contributed by atoms with Gasteiger partial charge in [-0.25, -0.2) is 4.98 Å². The highest BCUT2D eigenvalue weighted by Gasteiger charge is 2.00. The molecule has 0 spiro atoms. The van der Waals surface area contributed by atoms with Crippen molar-refractivity contribution in [2.45, 2.75) is 33.1 Å². The minimum Gasteiger partial charge on any atom is -0.353 e. The third-order valence-electron chi connectivity index (χ3n) is 2.85. The molecule has 2 rings (SSSR count). The van der Waals surface area contributed by atoms with Crippen LogP contribution in [0.5, 0.6) is 0 Å². The highest BCUT2D eigenvalue weighted by Crippen LogP contribution is 2.09. The lowest BCUT2D eigenvalue weighted by Gasteiger charge is -2.06. The van der Waals surface area contributed by atoms with Crippen molar-refractivity contribution in [3.8, 4) is 0 Å². The number of rotatable bonds is 6. The number of aromatic nitrogens is 3. The Balaban J connectivity index is 1.84. The molecule has 1 aromatic carbocycles. The fourth-order valence-corrected chi connectivity index (χ4v) is 1.83. The summed E-state index contributed by atoms with van der Waals surface area (Å²) in [6.07, 6.45) is 3.67. The molecule has 0 unspecified atom stereocenters. The molecule has 0 fully saturated rings. The second-order valence-corrected chi connectivity index (χ2v) is 4.94. The van der Waals surface area contributed by atoms with Gasteiger partial charge in [-0.2, -0.15) is 0 Å². The number of hydrogen-bond donors (Lipinski definition) is 1. The van der Waals surface area contributed by atoms with Crippen molar-refractivity contribution in [1.82, 2.24) is 15.2 Å². The zero-order valence-electron chi connectivity index (χ0n) is 11.1. The van der Waals surface area contributed by atoms with Gasteiger partial charge in [0.05, 0.1) is 5.52 Å². The van der Waals surface area contributed by atoms with E-state index in [9.17, 15) is 0 Å². The van der Waals surface area contributed by atoms with Crippen LogP contribution >= 0.6 is 0 Å². The number of anilines is 1. The van der Waals surface area contributed by atoms with Crippen molar-refractivity contribution in [3.63, 3.8) is 0 Å². The van der Waals surface area contributed by atoms with Crippen LogP contribution in [0.4, 0.5) is 5.95 Å². The number of benzene rings is 1. The highest BCUT2D eigenvalue weighted by molar-refractivity contribution is 5.73. The SMILES string of the molecule is CC(C)CCCCNc1nnc2ccccc2n1. The van der Waals surface area contributed by atoms with Gasteiger partial charge in [0.15, 0.2) is 0 Å². The minimum absolute atomic E-state index is 0.623. The molecular weight excluding hydrogens is 224 g/mol. The molecule has 96 valence electrons. The monoisotopic (exact) mass is 244 g/mol. The van der Waals surface area contributed by atoms with Crippen LogP contribution in [0.25, 0.3) is 11.0 Å². The van der Waals surface area contributed by atoms with E-state index in [2.05, 4.69) is 34.3 Å². The number of para-hydroxylation sites is 1. The summed E-state index contributed by atoms with van der Waals surface area (Å²) < 4.78 is 0. The Hall–Kier alpha value is -1.71. The van der Waals surface area contributed by atoms with Gasteiger partial charge in [0, 0.05) is 6.54 Å². The van der Waals surface area contributed by atoms with Gasteiger partial charge in [0.25, 0.3) is 0 Å². The number of hydrogen-bond acceptors (Lipinski definition) is 4. The predicted octanol–water partition coefficient (Wildman–Crippen LogP) is 3.26. The maximum absolute atomic E-state index is 4.42. The first-order valence-electron chi connectivity index (χ1n) is 6.59. The van der Waals surface area contributed by atoms with Gasteiger partial charge in [-0.3, -0.25) is 0 Å². The third-order valence-corrected chi connectivity index (χ3v) is 2.85. The van der Waals surface area contributed by atoms with Crippen LogP contribution in [0.15, 0.2) is 24.3 Å². The summed E-state index contributed by atoms with van der Waals surface area (Å²) in [6, 6.07) is 7.77. The molecule has 1 aromatic heterocycles. The summed E-state index contributed by atoms with van der Waals surface area (Å²) in [7, 11) is 0. The van der Waals surface area contributed by atoms with Crippen LogP contribution in [-0.2, 0) is 0 Å². The maximum Gasteiger partial charge on any atom is 0.243 e. The summed E-state index contributed by atoms with van der Waals surface area (Å²) in [5, 5.41) is 11.4. The lowest BCUT2D eigenvalue weighted by atomic mass is 10.1. The minimum atomic E-state index is 0.623. The number of nitrogens with zero attached hydrogens (tertiary/aromatic N) is 3. The second kappa shape index (κ2) is 6.28. The van der Waals surface area contributed by atoms with E-state index in [1.54, 1.807) is 0 Å². The molecule has 0 aliphatic heterocycles. The largest absolute Gasteiger partial charge is 0.353 e. The first-order chi connectivity index (χ1) is 8.75. The molecule has 0 saturated heterocycles. The molecule has 1 heterocycles. The molecule has 0 atom stereocenters. The van der Waals surface area contributed by atoms with E-state index < -0.39 is 0 Å². The average Bonchev–Trinajstić information content (AvgIpc) is 2.38. The molecule has 0 radical (unpaired) electrons. The standard InChI is InChI=1S/C14H20N4/c1-11(2)7-5-6-10-15-14-16-12-8-3-4-9-13(12)17-18-14/h3-4,8-9,11H,5-7,10H2,1-2H3,(H,15,16,18). The van der Waals surface area contributed by atoms with Gasteiger partial charge in [0.2, 0.25) is 5.95 Å². The van der Waals surface area contributed by atoms with E-state index in [0.29, 0.717) is 5.95 Å². The zero-order valence-corrected chi connectivity index (χ0v) is 11.1. The maximum atomic E-state index is 4.42. The van der Waals surface area contributed by atoms with Gasteiger partial charge < -0.3 is 5.32 Å². The van der Waals surface area contributed by atoms with Crippen LogP contribution in [0.1, 0.15) is 33.1 Å². The molecule has 0 saturated carbocycles. The Morgan fingerprint density at radius 1 is 1.06 bits per heavy atom. The van der Waals surface area contributed by atoms with E-state index in [1.165, 1.54) is 12.8 Å². The lowest BCUT2D eigenvalue weighted by Crippen LogP contribution is -2.06. The lowest BCUT2D eigenvalue weighted by molar-refractivity contribution is 0.544. The topological polar surface area (TPSA) is 50.7 Å². The van der Waals surface area contributed by atoms with Crippen LogP contribution in [0.2, 0.25) is 0 Å². The molecule has 18 heavy (non-hydrogen) atoms. The summed E-state index contributed by atoms with van der Waals surface area (Å²) >= 11 is 0. The number of unbranched alkanes of at least 4 members (excludes halogenated alkanes) is 1. The first kappa shape index (κ1) is 12.7. The predicted molar refractivity (Wildman–Crippen MR) is 74.5 cm³/mol.